The lowest BCUT2D eigenvalue weighted by Gasteiger charge is -2.19. The summed E-state index contributed by atoms with van der Waals surface area (Å²) in [4.78, 5) is 0. The molecule has 0 fully saturated rings. The maximum atomic E-state index is 5.73. The van der Waals surface area contributed by atoms with Gasteiger partial charge in [-0.3, -0.25) is 0 Å². The van der Waals surface area contributed by atoms with Gasteiger partial charge in [0.25, 0.3) is 0 Å². The SMILES string of the molecule is C[C@@H]1CC=CC[C@@H]1N. The van der Waals surface area contributed by atoms with E-state index in [2.05, 4.69) is 19.1 Å². The highest BCUT2D eigenvalue weighted by atomic mass is 14.6. The molecule has 0 radical (unpaired) electrons. The highest BCUT2D eigenvalue weighted by molar-refractivity contribution is 4.94. The van der Waals surface area contributed by atoms with Crippen LogP contribution >= 0.6 is 0 Å². The van der Waals surface area contributed by atoms with Gasteiger partial charge in [0.15, 0.2) is 0 Å². The summed E-state index contributed by atoms with van der Waals surface area (Å²) in [6.45, 7) is 2.20. The molecule has 46 valence electrons. The third-order valence-electron chi connectivity index (χ3n) is 1.81. The summed E-state index contributed by atoms with van der Waals surface area (Å²) in [5.41, 5.74) is 5.73. The van der Waals surface area contributed by atoms with Gasteiger partial charge in [0.1, 0.15) is 0 Å². The predicted molar refractivity (Wildman–Crippen MR) is 35.5 cm³/mol. The molecule has 0 saturated carbocycles. The third-order valence-corrected chi connectivity index (χ3v) is 1.81. The van der Waals surface area contributed by atoms with Gasteiger partial charge in [-0.2, -0.15) is 0 Å². The number of hydrogen-bond donors (Lipinski definition) is 1. The Balaban J connectivity index is 2.44. The normalized spacial score (nSPS) is 37.8. The standard InChI is InChI=1S/C7H13N/c1-6-4-2-3-5-7(6)8/h2-3,6-7H,4-5,8H2,1H3/t6-,7+/m1/s1. The van der Waals surface area contributed by atoms with E-state index in [0.29, 0.717) is 12.0 Å². The molecule has 2 N–H and O–H groups in total. The van der Waals surface area contributed by atoms with Gasteiger partial charge < -0.3 is 5.73 Å². The highest BCUT2D eigenvalue weighted by Crippen LogP contribution is 2.15. The summed E-state index contributed by atoms with van der Waals surface area (Å²) in [6, 6.07) is 0.417. The van der Waals surface area contributed by atoms with Gasteiger partial charge in [0, 0.05) is 6.04 Å². The minimum absolute atomic E-state index is 0.417. The van der Waals surface area contributed by atoms with Crippen molar-refractivity contribution in [3.05, 3.63) is 12.2 Å². The Bertz CT molecular complexity index is 84.6. The molecule has 0 spiro atoms. The first-order chi connectivity index (χ1) is 3.80. The van der Waals surface area contributed by atoms with Gasteiger partial charge in [-0.05, 0) is 18.8 Å². The largest absolute Gasteiger partial charge is 0.327 e. The predicted octanol–water partition coefficient (Wildman–Crippen LogP) is 1.30. The first-order valence-electron chi connectivity index (χ1n) is 3.21. The van der Waals surface area contributed by atoms with Crippen molar-refractivity contribution in [3.63, 3.8) is 0 Å². The monoisotopic (exact) mass is 111 g/mol. The maximum Gasteiger partial charge on any atom is 0.0102 e. The quantitative estimate of drug-likeness (QED) is 0.468. The van der Waals surface area contributed by atoms with Gasteiger partial charge in [-0.15, -0.1) is 0 Å². The summed E-state index contributed by atoms with van der Waals surface area (Å²) in [5, 5.41) is 0. The molecule has 8 heavy (non-hydrogen) atoms. The van der Waals surface area contributed by atoms with Crippen LogP contribution in [0, 0.1) is 5.92 Å². The van der Waals surface area contributed by atoms with Crippen LogP contribution in [-0.2, 0) is 0 Å². The van der Waals surface area contributed by atoms with E-state index in [-0.39, 0.29) is 0 Å². The van der Waals surface area contributed by atoms with Crippen LogP contribution in [0.5, 0.6) is 0 Å². The van der Waals surface area contributed by atoms with Crippen LogP contribution in [0.1, 0.15) is 19.8 Å². The molecule has 0 bridgehead atoms. The number of allylic oxidation sites excluding steroid dienone is 1. The van der Waals surface area contributed by atoms with E-state index >= 15 is 0 Å². The molecule has 1 nitrogen and oxygen atoms in total. The summed E-state index contributed by atoms with van der Waals surface area (Å²) in [5.74, 6) is 0.694. The molecule has 0 heterocycles. The zero-order valence-electron chi connectivity index (χ0n) is 5.30. The summed E-state index contributed by atoms with van der Waals surface area (Å²) >= 11 is 0. The van der Waals surface area contributed by atoms with Crippen LogP contribution in [0.3, 0.4) is 0 Å². The van der Waals surface area contributed by atoms with Gasteiger partial charge >= 0.3 is 0 Å². The van der Waals surface area contributed by atoms with E-state index in [1.165, 1.54) is 6.42 Å². The summed E-state index contributed by atoms with van der Waals surface area (Å²) in [7, 11) is 0. The van der Waals surface area contributed by atoms with Crippen LogP contribution in [-0.4, -0.2) is 6.04 Å². The summed E-state index contributed by atoms with van der Waals surface area (Å²) < 4.78 is 0. The van der Waals surface area contributed by atoms with E-state index < -0.39 is 0 Å². The van der Waals surface area contributed by atoms with Crippen molar-refractivity contribution in [2.75, 3.05) is 0 Å². The molecule has 1 heteroatoms. The average molecular weight is 111 g/mol. The van der Waals surface area contributed by atoms with E-state index in [0.717, 1.165) is 6.42 Å². The molecular weight excluding hydrogens is 98.1 g/mol. The van der Waals surface area contributed by atoms with Crippen LogP contribution < -0.4 is 5.73 Å². The van der Waals surface area contributed by atoms with Crippen molar-refractivity contribution in [1.29, 1.82) is 0 Å². The fourth-order valence-electron chi connectivity index (χ4n) is 0.971. The molecule has 0 aliphatic heterocycles. The second-order valence-corrected chi connectivity index (χ2v) is 2.58. The Morgan fingerprint density at radius 1 is 1.38 bits per heavy atom. The molecule has 2 atom stereocenters. The minimum Gasteiger partial charge on any atom is -0.327 e. The zero-order valence-corrected chi connectivity index (χ0v) is 5.30. The van der Waals surface area contributed by atoms with Gasteiger partial charge in [-0.1, -0.05) is 19.1 Å². The van der Waals surface area contributed by atoms with Crippen LogP contribution in [0.15, 0.2) is 12.2 Å². The van der Waals surface area contributed by atoms with Crippen LogP contribution in [0.25, 0.3) is 0 Å². The van der Waals surface area contributed by atoms with Crippen molar-refractivity contribution in [1.82, 2.24) is 0 Å². The Hall–Kier alpha value is -0.300. The van der Waals surface area contributed by atoms with Crippen molar-refractivity contribution in [3.8, 4) is 0 Å². The molecule has 0 aromatic heterocycles. The molecule has 1 aliphatic carbocycles. The molecule has 1 rings (SSSR count). The Kier molecular flexibility index (Phi) is 1.69. The first kappa shape index (κ1) is 5.83. The Morgan fingerprint density at radius 2 is 2.00 bits per heavy atom. The smallest absolute Gasteiger partial charge is 0.0102 e. The van der Waals surface area contributed by atoms with E-state index in [9.17, 15) is 0 Å². The van der Waals surface area contributed by atoms with Crippen LogP contribution in [0.4, 0.5) is 0 Å². The summed E-state index contributed by atoms with van der Waals surface area (Å²) in [6.07, 6.45) is 6.63. The maximum absolute atomic E-state index is 5.73. The lowest BCUT2D eigenvalue weighted by Crippen LogP contribution is -2.28. The number of hydrogen-bond acceptors (Lipinski definition) is 1. The molecule has 0 saturated heterocycles. The number of nitrogens with two attached hydrogens (primary N) is 1. The van der Waals surface area contributed by atoms with E-state index in [4.69, 9.17) is 5.73 Å². The van der Waals surface area contributed by atoms with E-state index in [1.807, 2.05) is 0 Å². The molecule has 0 aromatic rings. The van der Waals surface area contributed by atoms with Gasteiger partial charge in [0.05, 0.1) is 0 Å². The second kappa shape index (κ2) is 2.31. The number of rotatable bonds is 0. The Labute approximate surface area is 50.6 Å². The van der Waals surface area contributed by atoms with Crippen LogP contribution in [0.2, 0.25) is 0 Å². The van der Waals surface area contributed by atoms with Crippen molar-refractivity contribution in [2.45, 2.75) is 25.8 Å². The van der Waals surface area contributed by atoms with Gasteiger partial charge in [0.2, 0.25) is 0 Å². The fraction of sp³-hybridized carbons (Fsp3) is 0.714. The highest BCUT2D eigenvalue weighted by Gasteiger charge is 2.11. The first-order valence-corrected chi connectivity index (χ1v) is 3.21. The van der Waals surface area contributed by atoms with Crippen molar-refractivity contribution >= 4 is 0 Å². The van der Waals surface area contributed by atoms with E-state index in [1.54, 1.807) is 0 Å². The second-order valence-electron chi connectivity index (χ2n) is 2.58. The average Bonchev–Trinajstić information content (AvgIpc) is 1.77. The zero-order chi connectivity index (χ0) is 5.98. The molecular formula is C7H13N. The lowest BCUT2D eigenvalue weighted by atomic mass is 9.92. The van der Waals surface area contributed by atoms with Crippen molar-refractivity contribution in [2.24, 2.45) is 11.7 Å². The van der Waals surface area contributed by atoms with Gasteiger partial charge in [-0.25, -0.2) is 0 Å². The fourth-order valence-corrected chi connectivity index (χ4v) is 0.971. The topological polar surface area (TPSA) is 26.0 Å². The molecule has 1 aliphatic rings. The molecule has 0 aromatic carbocycles. The third kappa shape index (κ3) is 1.10. The minimum atomic E-state index is 0.417. The molecule has 0 unspecified atom stereocenters. The van der Waals surface area contributed by atoms with Crippen molar-refractivity contribution < 1.29 is 0 Å². The molecule has 0 amide bonds. The Morgan fingerprint density at radius 3 is 2.38 bits per heavy atom. The lowest BCUT2D eigenvalue weighted by molar-refractivity contribution is 0.446.